The first-order chi connectivity index (χ1) is 10.5. The van der Waals surface area contributed by atoms with E-state index < -0.39 is 16.6 Å². The Hall–Kier alpha value is 0.0238. The van der Waals surface area contributed by atoms with E-state index in [0.29, 0.717) is 25.4 Å². The Kier molecular flexibility index (Phi) is 6.10. The predicted octanol–water partition coefficient (Wildman–Crippen LogP) is 5.63. The monoisotopic (exact) mass is 372 g/mol. The molecule has 1 unspecified atom stereocenters. The molecule has 1 rings (SSSR count). The van der Waals surface area contributed by atoms with Gasteiger partial charge in [-0.05, 0) is 36.3 Å². The lowest BCUT2D eigenvalue weighted by atomic mass is 9.61. The Balaban J connectivity index is 2.85. The fourth-order valence-electron chi connectivity index (χ4n) is 2.34. The third-order valence-corrected chi connectivity index (χ3v) is 15.9. The van der Waals surface area contributed by atoms with Crippen molar-refractivity contribution in [2.75, 3.05) is 13.2 Å². The van der Waals surface area contributed by atoms with Crippen LogP contribution in [0.5, 0.6) is 0 Å². The molecule has 3 nitrogen and oxygen atoms in total. The van der Waals surface area contributed by atoms with Crippen LogP contribution in [0, 0.1) is 11.3 Å². The van der Waals surface area contributed by atoms with Crippen LogP contribution in [0.2, 0.25) is 36.3 Å². The molecule has 24 heavy (non-hydrogen) atoms. The van der Waals surface area contributed by atoms with Gasteiger partial charge in [-0.3, -0.25) is 4.79 Å². The van der Waals surface area contributed by atoms with Crippen molar-refractivity contribution >= 4 is 22.4 Å². The second-order valence-electron chi connectivity index (χ2n) is 10.8. The van der Waals surface area contributed by atoms with Gasteiger partial charge in [0.05, 0.1) is 0 Å². The fraction of sp³-hybridized carbons (Fsp3) is 0.947. The summed E-state index contributed by atoms with van der Waals surface area (Å²) in [5.41, 5.74) is -0.123. The predicted molar refractivity (Wildman–Crippen MR) is 108 cm³/mol. The maximum Gasteiger partial charge on any atom is 0.192 e. The van der Waals surface area contributed by atoms with Crippen molar-refractivity contribution in [1.29, 1.82) is 0 Å². The standard InChI is InChI=1S/C19H40O3Si2/c1-15-16(20)12-19(15,13-21-23(8,9)17(2,3)4)14-22-24(10,11)18(5,6)7/h15H,12-14H2,1-11H3. The van der Waals surface area contributed by atoms with Gasteiger partial charge < -0.3 is 8.85 Å². The minimum absolute atomic E-state index is 0.0482. The molecule has 0 N–H and O–H groups in total. The van der Waals surface area contributed by atoms with Gasteiger partial charge in [0.1, 0.15) is 5.78 Å². The first kappa shape index (κ1) is 22.1. The maximum atomic E-state index is 12.0. The summed E-state index contributed by atoms with van der Waals surface area (Å²) < 4.78 is 13.0. The molecule has 1 fully saturated rings. The Morgan fingerprint density at radius 1 is 0.917 bits per heavy atom. The van der Waals surface area contributed by atoms with Gasteiger partial charge >= 0.3 is 0 Å². The SMILES string of the molecule is CC1C(=O)CC1(CO[Si](C)(C)C(C)(C)C)CO[Si](C)(C)C(C)(C)C. The van der Waals surface area contributed by atoms with E-state index in [9.17, 15) is 4.79 Å². The van der Waals surface area contributed by atoms with Crippen LogP contribution in [-0.2, 0) is 13.6 Å². The fourth-order valence-corrected chi connectivity index (χ4v) is 4.50. The van der Waals surface area contributed by atoms with Crippen molar-refractivity contribution in [2.45, 2.75) is 91.2 Å². The van der Waals surface area contributed by atoms with E-state index in [1.807, 2.05) is 0 Å². The average Bonchev–Trinajstić information content (AvgIpc) is 2.38. The van der Waals surface area contributed by atoms with Gasteiger partial charge in [0.15, 0.2) is 16.6 Å². The Labute approximate surface area is 152 Å². The van der Waals surface area contributed by atoms with Crippen molar-refractivity contribution < 1.29 is 13.6 Å². The van der Waals surface area contributed by atoms with Gasteiger partial charge in [-0.15, -0.1) is 0 Å². The molecule has 0 radical (unpaired) electrons. The molecule has 142 valence electrons. The van der Waals surface area contributed by atoms with Crippen LogP contribution < -0.4 is 0 Å². The molecule has 0 aliphatic heterocycles. The number of rotatable bonds is 6. The zero-order valence-electron chi connectivity index (χ0n) is 17.9. The molecule has 0 spiro atoms. The van der Waals surface area contributed by atoms with Gasteiger partial charge in [0.25, 0.3) is 0 Å². The van der Waals surface area contributed by atoms with Gasteiger partial charge in [-0.2, -0.15) is 0 Å². The molecule has 0 aromatic rings. The number of Topliss-reactive ketones (excluding diaryl/α,β-unsaturated/α-hetero) is 1. The van der Waals surface area contributed by atoms with Crippen LogP contribution in [0.4, 0.5) is 0 Å². The molecular weight excluding hydrogens is 332 g/mol. The smallest absolute Gasteiger partial charge is 0.192 e. The van der Waals surface area contributed by atoms with E-state index in [4.69, 9.17) is 8.85 Å². The quantitative estimate of drug-likeness (QED) is 0.567. The third kappa shape index (κ3) is 4.40. The lowest BCUT2D eigenvalue weighted by Crippen LogP contribution is -2.57. The number of hydrogen-bond acceptors (Lipinski definition) is 3. The van der Waals surface area contributed by atoms with Gasteiger partial charge in [-0.25, -0.2) is 0 Å². The lowest BCUT2D eigenvalue weighted by molar-refractivity contribution is -0.149. The highest BCUT2D eigenvalue weighted by atomic mass is 28.4. The van der Waals surface area contributed by atoms with Crippen molar-refractivity contribution in [3.8, 4) is 0 Å². The van der Waals surface area contributed by atoms with Crippen molar-refractivity contribution in [3.63, 3.8) is 0 Å². The largest absolute Gasteiger partial charge is 0.416 e. The molecule has 0 amide bonds. The molecule has 0 aromatic carbocycles. The molecular formula is C19H40O3Si2. The van der Waals surface area contributed by atoms with Gasteiger partial charge in [0.2, 0.25) is 0 Å². The summed E-state index contributed by atoms with van der Waals surface area (Å²) in [6.45, 7) is 26.0. The number of ketones is 1. The van der Waals surface area contributed by atoms with E-state index in [2.05, 4.69) is 74.7 Å². The number of carbonyl (C=O) groups is 1. The number of hydrogen-bond donors (Lipinski definition) is 0. The second kappa shape index (κ2) is 6.64. The molecule has 1 aliphatic carbocycles. The van der Waals surface area contributed by atoms with Crippen LogP contribution in [0.1, 0.15) is 54.9 Å². The molecule has 1 saturated carbocycles. The zero-order chi connectivity index (χ0) is 19.2. The minimum Gasteiger partial charge on any atom is -0.416 e. The second-order valence-corrected chi connectivity index (χ2v) is 20.4. The average molecular weight is 373 g/mol. The van der Waals surface area contributed by atoms with Crippen molar-refractivity contribution in [3.05, 3.63) is 0 Å². The van der Waals surface area contributed by atoms with E-state index in [0.717, 1.165) is 0 Å². The summed E-state index contributed by atoms with van der Waals surface area (Å²) in [5, 5.41) is 0.372. The summed E-state index contributed by atoms with van der Waals surface area (Å²) in [4.78, 5) is 12.0. The highest BCUT2D eigenvalue weighted by molar-refractivity contribution is 6.74. The highest BCUT2D eigenvalue weighted by Gasteiger charge is 2.54. The summed E-state index contributed by atoms with van der Waals surface area (Å²) in [7, 11) is -3.63. The third-order valence-electron chi connectivity index (χ3n) is 6.98. The van der Waals surface area contributed by atoms with Gasteiger partial charge in [-0.1, -0.05) is 48.5 Å². The van der Waals surface area contributed by atoms with Crippen LogP contribution >= 0.6 is 0 Å². The first-order valence-electron chi connectivity index (χ1n) is 9.26. The van der Waals surface area contributed by atoms with Crippen LogP contribution in [0.3, 0.4) is 0 Å². The summed E-state index contributed by atoms with van der Waals surface area (Å²) in [6, 6.07) is 0. The highest BCUT2D eigenvalue weighted by Crippen LogP contribution is 2.48. The van der Waals surface area contributed by atoms with E-state index in [-0.39, 0.29) is 21.4 Å². The Bertz CT molecular complexity index is 440. The van der Waals surface area contributed by atoms with Crippen LogP contribution in [-0.4, -0.2) is 35.6 Å². The molecule has 0 bridgehead atoms. The maximum absolute atomic E-state index is 12.0. The first-order valence-corrected chi connectivity index (χ1v) is 15.1. The summed E-state index contributed by atoms with van der Waals surface area (Å²) in [5.74, 6) is 0.402. The van der Waals surface area contributed by atoms with E-state index in [1.165, 1.54) is 0 Å². The summed E-state index contributed by atoms with van der Waals surface area (Å²) >= 11 is 0. The van der Waals surface area contributed by atoms with Crippen LogP contribution in [0.25, 0.3) is 0 Å². The molecule has 5 heteroatoms. The topological polar surface area (TPSA) is 35.5 Å². The number of carbonyl (C=O) groups excluding carboxylic acids is 1. The molecule has 0 saturated heterocycles. The Morgan fingerprint density at radius 2 is 1.25 bits per heavy atom. The zero-order valence-corrected chi connectivity index (χ0v) is 19.9. The molecule has 0 aromatic heterocycles. The Morgan fingerprint density at radius 3 is 1.46 bits per heavy atom. The molecule has 0 heterocycles. The lowest BCUT2D eigenvalue weighted by Gasteiger charge is -2.50. The summed E-state index contributed by atoms with van der Waals surface area (Å²) in [6.07, 6.45) is 0.609. The van der Waals surface area contributed by atoms with E-state index >= 15 is 0 Å². The van der Waals surface area contributed by atoms with Crippen LogP contribution in [0.15, 0.2) is 0 Å². The molecule has 1 aliphatic rings. The molecule has 1 atom stereocenters. The van der Waals surface area contributed by atoms with Crippen molar-refractivity contribution in [2.24, 2.45) is 11.3 Å². The van der Waals surface area contributed by atoms with Gasteiger partial charge in [0, 0.05) is 31.0 Å². The minimum atomic E-state index is -1.82. The van der Waals surface area contributed by atoms with E-state index in [1.54, 1.807) is 0 Å². The normalized spacial score (nSPS) is 22.5. The van der Waals surface area contributed by atoms with Crippen molar-refractivity contribution in [1.82, 2.24) is 0 Å².